The molecule has 7 nitrogen and oxygen atoms in total. The van der Waals surface area contributed by atoms with E-state index in [4.69, 9.17) is 0 Å². The van der Waals surface area contributed by atoms with E-state index in [0.29, 0.717) is 17.6 Å². The normalized spacial score (nSPS) is 10.5. The van der Waals surface area contributed by atoms with E-state index in [1.807, 2.05) is 18.2 Å². The molecule has 3 rings (SSSR count). The first-order valence-corrected chi connectivity index (χ1v) is 6.13. The maximum Gasteiger partial charge on any atom is 0.293 e. The van der Waals surface area contributed by atoms with Crippen molar-refractivity contribution in [3.8, 4) is 0 Å². The third-order valence-electron chi connectivity index (χ3n) is 3.12. The largest absolute Gasteiger partial charge is 0.293 e. The number of benzene rings is 2. The number of nitrogens with one attached hydrogen (secondary N) is 1. The van der Waals surface area contributed by atoms with Gasteiger partial charge in [-0.1, -0.05) is 24.3 Å². The molecule has 0 aliphatic heterocycles. The Labute approximate surface area is 119 Å². The summed E-state index contributed by atoms with van der Waals surface area (Å²) in [5.41, 5.74) is 0.768. The van der Waals surface area contributed by atoms with Crippen molar-refractivity contribution in [3.63, 3.8) is 0 Å². The highest BCUT2D eigenvalue weighted by Crippen LogP contribution is 2.34. The predicted octanol–water partition coefficient (Wildman–Crippen LogP) is 2.77. The van der Waals surface area contributed by atoms with Crippen LogP contribution in [0.1, 0.15) is 0 Å². The molecule has 0 spiro atoms. The fraction of sp³-hybridized carbons (Fsp3) is 0. The van der Waals surface area contributed by atoms with Crippen LogP contribution in [-0.2, 0) is 4.79 Å². The molecule has 3 aromatic rings. The summed E-state index contributed by atoms with van der Waals surface area (Å²) in [7, 11) is 0. The number of aromatic amines is 1. The van der Waals surface area contributed by atoms with Crippen LogP contribution in [0.3, 0.4) is 0 Å². The van der Waals surface area contributed by atoms with Crippen molar-refractivity contribution in [3.05, 3.63) is 58.6 Å². The van der Waals surface area contributed by atoms with Crippen LogP contribution in [0, 0.1) is 10.1 Å². The number of carbonyl (C=O) groups is 1. The quantitative estimate of drug-likeness (QED) is 0.452. The van der Waals surface area contributed by atoms with E-state index < -0.39 is 4.92 Å². The maximum absolute atomic E-state index is 11.5. The predicted molar refractivity (Wildman–Crippen MR) is 77.4 cm³/mol. The summed E-state index contributed by atoms with van der Waals surface area (Å²) in [6.07, 6.45) is 0.519. The molecule has 0 unspecified atom stereocenters. The first-order chi connectivity index (χ1) is 10.2. The Hall–Kier alpha value is -3.22. The lowest BCUT2D eigenvalue weighted by molar-refractivity contribution is -0.384. The summed E-state index contributed by atoms with van der Waals surface area (Å²) < 4.78 is 0. The number of anilines is 2. The summed E-state index contributed by atoms with van der Waals surface area (Å²) >= 11 is 0. The van der Waals surface area contributed by atoms with Crippen molar-refractivity contribution in [1.29, 1.82) is 0 Å². The Morgan fingerprint density at radius 1 is 1.14 bits per heavy atom. The van der Waals surface area contributed by atoms with Crippen LogP contribution < -0.4 is 4.90 Å². The van der Waals surface area contributed by atoms with Crippen molar-refractivity contribution in [1.82, 2.24) is 10.2 Å². The molecule has 0 aliphatic carbocycles. The number of rotatable bonds is 4. The summed E-state index contributed by atoms with van der Waals surface area (Å²) in [5.74, 6) is 0.329. The minimum absolute atomic E-state index is 0.156. The SMILES string of the molecule is O=CN(c1ccccc1[N+](=O)[O-])c1n[nH]c2ccccc12. The van der Waals surface area contributed by atoms with E-state index in [1.165, 1.54) is 12.1 Å². The van der Waals surface area contributed by atoms with Gasteiger partial charge in [-0.3, -0.25) is 24.9 Å². The van der Waals surface area contributed by atoms with Gasteiger partial charge >= 0.3 is 0 Å². The standard InChI is InChI=1S/C14H10N4O3/c19-9-17(12-7-3-4-8-13(12)18(20)21)14-10-5-1-2-6-11(10)15-16-14/h1-9H,(H,15,16). The molecule has 104 valence electrons. The van der Waals surface area contributed by atoms with Gasteiger partial charge in [-0.15, -0.1) is 0 Å². The number of hydrogen-bond acceptors (Lipinski definition) is 4. The highest BCUT2D eigenvalue weighted by molar-refractivity contribution is 6.00. The van der Waals surface area contributed by atoms with Crippen LogP contribution in [0.25, 0.3) is 10.9 Å². The van der Waals surface area contributed by atoms with Crippen molar-refractivity contribution >= 4 is 34.5 Å². The lowest BCUT2D eigenvalue weighted by atomic mass is 10.2. The Kier molecular flexibility index (Phi) is 3.07. The number of aromatic nitrogens is 2. The number of H-pyrrole nitrogens is 1. The van der Waals surface area contributed by atoms with Crippen LogP contribution in [0.5, 0.6) is 0 Å². The number of fused-ring (bicyclic) bond motifs is 1. The van der Waals surface area contributed by atoms with Crippen molar-refractivity contribution in [2.45, 2.75) is 0 Å². The molecule has 1 N–H and O–H groups in total. The van der Waals surface area contributed by atoms with E-state index in [1.54, 1.807) is 18.2 Å². The molecule has 1 heterocycles. The Balaban J connectivity index is 2.20. The number of para-hydroxylation sites is 3. The van der Waals surface area contributed by atoms with Gasteiger partial charge in [0.1, 0.15) is 5.69 Å². The first-order valence-electron chi connectivity index (χ1n) is 6.13. The second kappa shape index (κ2) is 5.04. The maximum atomic E-state index is 11.5. The van der Waals surface area contributed by atoms with Gasteiger partial charge in [-0.05, 0) is 18.2 Å². The van der Waals surface area contributed by atoms with Gasteiger partial charge < -0.3 is 0 Å². The van der Waals surface area contributed by atoms with E-state index in [-0.39, 0.29) is 11.4 Å². The Morgan fingerprint density at radius 2 is 1.86 bits per heavy atom. The zero-order valence-corrected chi connectivity index (χ0v) is 10.8. The lowest BCUT2D eigenvalue weighted by Crippen LogP contribution is -2.16. The smallest absolute Gasteiger partial charge is 0.278 e. The molecule has 0 atom stereocenters. The van der Waals surface area contributed by atoms with Gasteiger partial charge in [-0.25, -0.2) is 0 Å². The molecule has 0 aliphatic rings. The fourth-order valence-electron chi connectivity index (χ4n) is 2.18. The molecular weight excluding hydrogens is 272 g/mol. The zero-order valence-electron chi connectivity index (χ0n) is 10.8. The second-order valence-electron chi connectivity index (χ2n) is 4.31. The van der Waals surface area contributed by atoms with Crippen LogP contribution in [0.4, 0.5) is 17.2 Å². The number of hydrogen-bond donors (Lipinski definition) is 1. The third kappa shape index (κ3) is 2.10. The third-order valence-corrected chi connectivity index (χ3v) is 3.12. The van der Waals surface area contributed by atoms with Crippen LogP contribution >= 0.6 is 0 Å². The van der Waals surface area contributed by atoms with Crippen LogP contribution in [-0.4, -0.2) is 21.5 Å². The number of nitro groups is 1. The summed E-state index contributed by atoms with van der Waals surface area (Å²) in [5, 5.41) is 18.7. The average Bonchev–Trinajstić information content (AvgIpc) is 2.93. The molecule has 0 saturated carbocycles. The highest BCUT2D eigenvalue weighted by atomic mass is 16.6. The molecule has 7 heteroatoms. The lowest BCUT2D eigenvalue weighted by Gasteiger charge is -2.14. The van der Waals surface area contributed by atoms with E-state index >= 15 is 0 Å². The van der Waals surface area contributed by atoms with Crippen molar-refractivity contribution in [2.75, 3.05) is 4.90 Å². The van der Waals surface area contributed by atoms with Crippen LogP contribution in [0.15, 0.2) is 48.5 Å². The van der Waals surface area contributed by atoms with Gasteiger partial charge in [0.05, 0.1) is 10.4 Å². The zero-order chi connectivity index (χ0) is 14.8. The molecule has 0 radical (unpaired) electrons. The van der Waals surface area contributed by atoms with Gasteiger partial charge in [0.2, 0.25) is 6.41 Å². The number of nitro benzene ring substituents is 1. The molecule has 0 saturated heterocycles. The van der Waals surface area contributed by atoms with E-state index in [0.717, 1.165) is 10.4 Å². The minimum atomic E-state index is -0.527. The van der Waals surface area contributed by atoms with Gasteiger partial charge in [0.15, 0.2) is 5.82 Å². The molecule has 1 aromatic heterocycles. The van der Waals surface area contributed by atoms with E-state index in [2.05, 4.69) is 10.2 Å². The molecule has 0 fully saturated rings. The summed E-state index contributed by atoms with van der Waals surface area (Å²) in [6.45, 7) is 0. The molecule has 0 bridgehead atoms. The summed E-state index contributed by atoms with van der Waals surface area (Å²) in [6, 6.07) is 13.3. The van der Waals surface area contributed by atoms with Gasteiger partial charge in [0.25, 0.3) is 5.69 Å². The number of nitrogens with zero attached hydrogens (tertiary/aromatic N) is 3. The van der Waals surface area contributed by atoms with E-state index in [9.17, 15) is 14.9 Å². The number of amides is 1. The monoisotopic (exact) mass is 282 g/mol. The second-order valence-corrected chi connectivity index (χ2v) is 4.31. The molecule has 1 amide bonds. The summed E-state index contributed by atoms with van der Waals surface area (Å²) in [4.78, 5) is 23.2. The average molecular weight is 282 g/mol. The fourth-order valence-corrected chi connectivity index (χ4v) is 2.18. The van der Waals surface area contributed by atoms with Crippen molar-refractivity contribution in [2.24, 2.45) is 0 Å². The van der Waals surface area contributed by atoms with Gasteiger partial charge in [-0.2, -0.15) is 5.10 Å². The first kappa shape index (κ1) is 12.8. The van der Waals surface area contributed by atoms with Gasteiger partial charge in [0, 0.05) is 11.5 Å². The Bertz CT molecular complexity index is 828. The Morgan fingerprint density at radius 3 is 2.62 bits per heavy atom. The van der Waals surface area contributed by atoms with Crippen molar-refractivity contribution < 1.29 is 9.72 Å². The van der Waals surface area contributed by atoms with Crippen LogP contribution in [0.2, 0.25) is 0 Å². The number of carbonyl (C=O) groups excluding carboxylic acids is 1. The topological polar surface area (TPSA) is 92.1 Å². The molecule has 21 heavy (non-hydrogen) atoms. The molecular formula is C14H10N4O3. The highest BCUT2D eigenvalue weighted by Gasteiger charge is 2.22. The molecule has 2 aromatic carbocycles. The minimum Gasteiger partial charge on any atom is -0.278 e.